The van der Waals surface area contributed by atoms with Gasteiger partial charge < -0.3 is 19.1 Å². The van der Waals surface area contributed by atoms with Gasteiger partial charge in [-0.15, -0.1) is 0 Å². The molecule has 3 aliphatic heterocycles. The monoisotopic (exact) mass is 693 g/mol. The van der Waals surface area contributed by atoms with Crippen LogP contribution in [0.1, 0.15) is 0 Å². The molecule has 1 aromatic heterocycles. The van der Waals surface area contributed by atoms with Gasteiger partial charge in [-0.25, -0.2) is 0 Å². The summed E-state index contributed by atoms with van der Waals surface area (Å²) in [5, 5.41) is 6.67. The van der Waals surface area contributed by atoms with Crippen molar-refractivity contribution in [3.05, 3.63) is 182 Å². The molecule has 12 rings (SSSR count). The first-order valence-corrected chi connectivity index (χ1v) is 20.0. The van der Waals surface area contributed by atoms with Crippen LogP contribution in [-0.2, 0) is 0 Å². The van der Waals surface area contributed by atoms with Crippen LogP contribution in [-0.4, -0.2) is 13.4 Å². The maximum Gasteiger partial charge on any atom is 0.153 e. The van der Waals surface area contributed by atoms with Gasteiger partial charge in [-0.1, -0.05) is 97.1 Å². The summed E-state index contributed by atoms with van der Waals surface area (Å²) in [6, 6.07) is 66.3. The molecule has 3 aliphatic rings. The minimum atomic E-state index is -1.98. The molecular weight excluding hydrogens is 663 g/mol. The molecule has 0 spiro atoms. The lowest BCUT2D eigenvalue weighted by Gasteiger charge is -2.47. The molecule has 248 valence electrons. The van der Waals surface area contributed by atoms with E-state index in [1.165, 1.54) is 71.2 Å². The number of hydrogen-bond acceptors (Lipinski definition) is 3. The third kappa shape index (κ3) is 4.00. The van der Waals surface area contributed by atoms with Gasteiger partial charge in [0.05, 0.1) is 11.0 Å². The zero-order valence-corrected chi connectivity index (χ0v) is 29.8. The van der Waals surface area contributed by atoms with Gasteiger partial charge in [0.1, 0.15) is 11.5 Å². The van der Waals surface area contributed by atoms with E-state index in [9.17, 15) is 0 Å². The summed E-state index contributed by atoms with van der Waals surface area (Å²) >= 11 is 0. The van der Waals surface area contributed by atoms with Gasteiger partial charge in [0.2, 0.25) is 0 Å². The van der Waals surface area contributed by atoms with Crippen LogP contribution in [0.25, 0.3) is 38.6 Å². The van der Waals surface area contributed by atoms with Crippen LogP contribution in [0.4, 0.5) is 34.1 Å². The Hall–Kier alpha value is -6.82. The Morgan fingerprint density at radius 1 is 0.358 bits per heavy atom. The number of nitrogens with zero attached hydrogens (tertiary/aromatic N) is 3. The third-order valence-electron chi connectivity index (χ3n) is 11.3. The molecule has 53 heavy (non-hydrogen) atoms. The number of para-hydroxylation sites is 4. The molecule has 0 saturated heterocycles. The largest absolute Gasteiger partial charge is 0.457 e. The van der Waals surface area contributed by atoms with Gasteiger partial charge in [-0.05, 0) is 101 Å². The Balaban J connectivity index is 1.19. The van der Waals surface area contributed by atoms with E-state index >= 15 is 0 Å². The number of rotatable bonds is 4. The molecule has 9 aromatic rings. The second-order valence-electron chi connectivity index (χ2n) is 14.1. The third-order valence-corrected chi connectivity index (χ3v) is 14.8. The van der Waals surface area contributed by atoms with Gasteiger partial charge in [0, 0.05) is 61.0 Å². The minimum absolute atomic E-state index is 0.984. The highest BCUT2D eigenvalue weighted by atomic mass is 28.3. The standard InChI is InChI=1S/C48H31N3OSi/c1-4-14-33(15-5-1)49-38-21-11-10-20-36(38)37-27-26-31(28-41(37)49)32-29-42-46-43(30-32)51(35-18-8-3-9-19-35)40-23-13-25-45-48(40)53(46)47-39(22-12-24-44(47)52-45)50(42)34-16-6-2-7-17-34/h1-30,53H. The molecule has 0 saturated carbocycles. The van der Waals surface area contributed by atoms with E-state index in [2.05, 4.69) is 196 Å². The molecule has 0 bridgehead atoms. The predicted octanol–water partition coefficient (Wildman–Crippen LogP) is 10.4. The van der Waals surface area contributed by atoms with Crippen molar-refractivity contribution in [2.45, 2.75) is 0 Å². The SMILES string of the molecule is c1ccc(N2c3cccc4c3[SiH]3c5c(cccc5N(c5ccccc5)c5cc(-c6ccc7c8ccccc8n(-c8ccccc8)c7c6)cc2c53)O4)cc1. The van der Waals surface area contributed by atoms with E-state index < -0.39 is 8.80 Å². The summed E-state index contributed by atoms with van der Waals surface area (Å²) in [6.45, 7) is 0. The van der Waals surface area contributed by atoms with Crippen LogP contribution in [0, 0.1) is 0 Å². The Labute approximate surface area is 308 Å². The van der Waals surface area contributed by atoms with Crippen molar-refractivity contribution in [2.75, 3.05) is 9.80 Å². The smallest absolute Gasteiger partial charge is 0.153 e. The number of hydrogen-bond donors (Lipinski definition) is 0. The van der Waals surface area contributed by atoms with E-state index in [1.54, 1.807) is 0 Å². The fourth-order valence-corrected chi connectivity index (χ4v) is 13.0. The van der Waals surface area contributed by atoms with Crippen molar-refractivity contribution in [3.8, 4) is 28.3 Å². The van der Waals surface area contributed by atoms with Crippen molar-refractivity contribution in [3.63, 3.8) is 0 Å². The van der Waals surface area contributed by atoms with Crippen molar-refractivity contribution < 1.29 is 4.74 Å². The van der Waals surface area contributed by atoms with E-state index in [0.29, 0.717) is 0 Å². The van der Waals surface area contributed by atoms with Crippen LogP contribution < -0.4 is 30.1 Å². The lowest BCUT2D eigenvalue weighted by Crippen LogP contribution is -2.63. The average molecular weight is 694 g/mol. The van der Waals surface area contributed by atoms with E-state index in [0.717, 1.165) is 28.6 Å². The van der Waals surface area contributed by atoms with Crippen molar-refractivity contribution >= 4 is 80.3 Å². The van der Waals surface area contributed by atoms with Crippen molar-refractivity contribution in [2.24, 2.45) is 0 Å². The van der Waals surface area contributed by atoms with Gasteiger partial charge in [0.15, 0.2) is 8.80 Å². The Kier molecular flexibility index (Phi) is 5.90. The Bertz CT molecular complexity index is 2820. The van der Waals surface area contributed by atoms with Crippen molar-refractivity contribution in [1.82, 2.24) is 4.57 Å². The zero-order chi connectivity index (χ0) is 34.6. The molecule has 0 atom stereocenters. The summed E-state index contributed by atoms with van der Waals surface area (Å²) in [7, 11) is -1.98. The first-order chi connectivity index (χ1) is 26.3. The maximum atomic E-state index is 6.80. The van der Waals surface area contributed by atoms with Crippen LogP contribution in [0.15, 0.2) is 182 Å². The number of aromatic nitrogens is 1. The van der Waals surface area contributed by atoms with E-state index in [-0.39, 0.29) is 0 Å². The molecule has 5 heteroatoms. The lowest BCUT2D eigenvalue weighted by atomic mass is 9.99. The summed E-state index contributed by atoms with van der Waals surface area (Å²) in [4.78, 5) is 4.96. The van der Waals surface area contributed by atoms with Crippen LogP contribution in [0.3, 0.4) is 0 Å². The second-order valence-corrected chi connectivity index (χ2v) is 16.7. The van der Waals surface area contributed by atoms with E-state index in [1.807, 2.05) is 0 Å². The van der Waals surface area contributed by atoms with Gasteiger partial charge in [-0.3, -0.25) is 0 Å². The van der Waals surface area contributed by atoms with Crippen molar-refractivity contribution in [1.29, 1.82) is 0 Å². The highest BCUT2D eigenvalue weighted by molar-refractivity contribution is 7.01. The fourth-order valence-electron chi connectivity index (χ4n) is 9.20. The fraction of sp³-hybridized carbons (Fsp3) is 0. The topological polar surface area (TPSA) is 20.6 Å². The zero-order valence-electron chi connectivity index (χ0n) is 28.6. The average Bonchev–Trinajstić information content (AvgIpc) is 3.55. The number of ether oxygens (including phenoxy) is 1. The molecular formula is C48H31N3OSi. The highest BCUT2D eigenvalue weighted by Gasteiger charge is 2.47. The predicted molar refractivity (Wildman–Crippen MR) is 222 cm³/mol. The Morgan fingerprint density at radius 2 is 0.887 bits per heavy atom. The molecule has 0 aliphatic carbocycles. The molecule has 0 fully saturated rings. The highest BCUT2D eigenvalue weighted by Crippen LogP contribution is 2.49. The minimum Gasteiger partial charge on any atom is -0.457 e. The normalized spacial score (nSPS) is 13.7. The number of benzene rings is 8. The van der Waals surface area contributed by atoms with Crippen LogP contribution in [0.2, 0.25) is 0 Å². The lowest BCUT2D eigenvalue weighted by molar-refractivity contribution is 0.487. The first-order valence-electron chi connectivity index (χ1n) is 18.2. The van der Waals surface area contributed by atoms with Crippen LogP contribution in [0.5, 0.6) is 11.5 Å². The number of anilines is 6. The first kappa shape index (κ1) is 28.8. The molecule has 4 heterocycles. The van der Waals surface area contributed by atoms with Gasteiger partial charge in [-0.2, -0.15) is 0 Å². The van der Waals surface area contributed by atoms with E-state index in [4.69, 9.17) is 4.74 Å². The summed E-state index contributed by atoms with van der Waals surface area (Å²) in [5.41, 5.74) is 13.2. The number of fused-ring (bicyclic) bond motifs is 3. The quantitative estimate of drug-likeness (QED) is 0.171. The molecule has 0 radical (unpaired) electrons. The van der Waals surface area contributed by atoms with Gasteiger partial charge in [0.25, 0.3) is 0 Å². The summed E-state index contributed by atoms with van der Waals surface area (Å²) in [6.07, 6.45) is 0. The second kappa shape index (κ2) is 10.8. The van der Waals surface area contributed by atoms with Gasteiger partial charge >= 0.3 is 0 Å². The summed E-state index contributed by atoms with van der Waals surface area (Å²) < 4.78 is 9.21. The Morgan fingerprint density at radius 3 is 1.49 bits per heavy atom. The molecule has 4 nitrogen and oxygen atoms in total. The molecule has 0 amide bonds. The summed E-state index contributed by atoms with van der Waals surface area (Å²) in [5.74, 6) is 1.97. The van der Waals surface area contributed by atoms with Crippen LogP contribution >= 0.6 is 0 Å². The maximum absolute atomic E-state index is 6.80. The molecule has 0 unspecified atom stereocenters. The molecule has 0 N–H and O–H groups in total. The molecule has 8 aromatic carbocycles.